The lowest BCUT2D eigenvalue weighted by molar-refractivity contribution is -0.132. The highest BCUT2D eigenvalue weighted by Gasteiger charge is 2.23. The van der Waals surface area contributed by atoms with Crippen molar-refractivity contribution in [3.05, 3.63) is 46.5 Å². The van der Waals surface area contributed by atoms with E-state index < -0.39 is 5.97 Å². The Labute approximate surface area is 118 Å². The fraction of sp³-hybridized carbons (Fsp3) is 0.357. The maximum Gasteiger partial charge on any atom is 0.331 e. The predicted octanol–water partition coefficient (Wildman–Crippen LogP) is 2.97. The Hall–Kier alpha value is -1.68. The first-order chi connectivity index (χ1) is 8.67. The van der Waals surface area contributed by atoms with Crippen molar-refractivity contribution in [3.63, 3.8) is 0 Å². The van der Waals surface area contributed by atoms with E-state index in [1.54, 1.807) is 26.4 Å². The van der Waals surface area contributed by atoms with Crippen molar-refractivity contribution in [1.82, 2.24) is 0 Å². The molecule has 2 rings (SSSR count). The third-order valence-corrected chi connectivity index (χ3v) is 3.22. The highest BCUT2D eigenvalue weighted by atomic mass is 35.5. The zero-order valence-corrected chi connectivity index (χ0v) is 11.8. The summed E-state index contributed by atoms with van der Waals surface area (Å²) in [5.41, 5.74) is 2.48. The molecule has 0 saturated heterocycles. The normalized spacial score (nSPS) is 18.1. The van der Waals surface area contributed by atoms with Gasteiger partial charge in [0.15, 0.2) is 5.76 Å². The van der Waals surface area contributed by atoms with Crippen LogP contribution in [0.4, 0.5) is 0 Å². The molecule has 0 aliphatic heterocycles. The quantitative estimate of drug-likeness (QED) is 0.866. The first-order valence-corrected chi connectivity index (χ1v) is 5.82. The number of hydrogen-bond acceptors (Lipinski definition) is 3. The van der Waals surface area contributed by atoms with Crippen molar-refractivity contribution in [1.29, 1.82) is 0 Å². The number of methoxy groups -OCH3 is 2. The summed E-state index contributed by atoms with van der Waals surface area (Å²) in [4.78, 5) is 11.0. The average molecular weight is 285 g/mol. The van der Waals surface area contributed by atoms with Crippen molar-refractivity contribution < 1.29 is 19.4 Å². The molecule has 0 heterocycles. The molecule has 0 aromatic heterocycles. The lowest BCUT2D eigenvalue weighted by atomic mass is 9.93. The van der Waals surface area contributed by atoms with Crippen molar-refractivity contribution in [2.75, 3.05) is 14.2 Å². The van der Waals surface area contributed by atoms with Gasteiger partial charge in [-0.15, -0.1) is 12.4 Å². The van der Waals surface area contributed by atoms with Crippen LogP contribution in [-0.4, -0.2) is 25.3 Å². The van der Waals surface area contributed by atoms with Crippen LogP contribution in [-0.2, 0) is 14.3 Å². The second kappa shape index (κ2) is 6.48. The van der Waals surface area contributed by atoms with Crippen LogP contribution < -0.4 is 0 Å². The molecule has 0 bridgehead atoms. The molecule has 0 spiro atoms. The van der Waals surface area contributed by atoms with Crippen LogP contribution in [0.3, 0.4) is 0 Å². The molecule has 2 aliphatic carbocycles. The summed E-state index contributed by atoms with van der Waals surface area (Å²) in [6, 6.07) is 0. The van der Waals surface area contributed by atoms with Gasteiger partial charge in [-0.25, -0.2) is 4.79 Å². The van der Waals surface area contributed by atoms with E-state index in [9.17, 15) is 4.79 Å². The summed E-state index contributed by atoms with van der Waals surface area (Å²) in [5, 5.41) is 9.03. The van der Waals surface area contributed by atoms with Gasteiger partial charge >= 0.3 is 5.97 Å². The number of carbonyl (C=O) groups is 1. The number of carboxylic acid groups (broad SMARTS) is 1. The number of allylic oxidation sites excluding steroid dienone is 4. The third kappa shape index (κ3) is 3.01. The Morgan fingerprint density at radius 2 is 1.95 bits per heavy atom. The fourth-order valence-corrected chi connectivity index (χ4v) is 2.25. The molecule has 5 heteroatoms. The van der Waals surface area contributed by atoms with Crippen LogP contribution in [0.25, 0.3) is 0 Å². The molecule has 0 saturated carbocycles. The third-order valence-electron chi connectivity index (χ3n) is 3.22. The van der Waals surface area contributed by atoms with Gasteiger partial charge < -0.3 is 14.6 Å². The van der Waals surface area contributed by atoms with Gasteiger partial charge in [0.25, 0.3) is 0 Å². The van der Waals surface area contributed by atoms with E-state index in [-0.39, 0.29) is 12.4 Å². The Morgan fingerprint density at radius 1 is 1.21 bits per heavy atom. The topological polar surface area (TPSA) is 55.8 Å². The zero-order valence-electron chi connectivity index (χ0n) is 10.9. The molecular weight excluding hydrogens is 268 g/mol. The maximum absolute atomic E-state index is 11.0. The molecule has 0 radical (unpaired) electrons. The summed E-state index contributed by atoms with van der Waals surface area (Å²) in [7, 11) is 3.22. The minimum atomic E-state index is -0.860. The molecule has 0 fully saturated rings. The number of hydrogen-bond donors (Lipinski definition) is 1. The molecular formula is C14H17ClO4. The van der Waals surface area contributed by atoms with Crippen LogP contribution in [0.2, 0.25) is 0 Å². The summed E-state index contributed by atoms with van der Waals surface area (Å²) in [6.07, 6.45) is 7.48. The molecule has 0 aromatic carbocycles. The van der Waals surface area contributed by atoms with Gasteiger partial charge in [-0.05, 0) is 18.4 Å². The van der Waals surface area contributed by atoms with Gasteiger partial charge in [-0.2, -0.15) is 0 Å². The Balaban J connectivity index is 0.00000180. The van der Waals surface area contributed by atoms with Gasteiger partial charge in [0, 0.05) is 17.6 Å². The van der Waals surface area contributed by atoms with E-state index in [0.717, 1.165) is 16.9 Å². The fourth-order valence-electron chi connectivity index (χ4n) is 2.25. The summed E-state index contributed by atoms with van der Waals surface area (Å²) in [5.74, 6) is 0.624. The van der Waals surface area contributed by atoms with Crippen LogP contribution >= 0.6 is 12.4 Å². The average Bonchev–Trinajstić information content (AvgIpc) is 2.59. The van der Waals surface area contributed by atoms with Crippen LogP contribution in [0.1, 0.15) is 19.3 Å². The largest absolute Gasteiger partial charge is 0.497 e. The summed E-state index contributed by atoms with van der Waals surface area (Å²) in [6.45, 7) is 0. The van der Waals surface area contributed by atoms with Gasteiger partial charge in [0.2, 0.25) is 0 Å². The molecule has 4 nitrogen and oxygen atoms in total. The number of carboxylic acids is 1. The van der Waals surface area contributed by atoms with Crippen LogP contribution in [0, 0.1) is 0 Å². The maximum atomic E-state index is 11.0. The SMILES string of the molecule is COC1=C(OC)C2=CC=C(C(=O)O)CCC2=CC1.Cl. The Kier molecular flexibility index (Phi) is 5.24. The molecule has 19 heavy (non-hydrogen) atoms. The van der Waals surface area contributed by atoms with Crippen LogP contribution in [0.15, 0.2) is 46.5 Å². The molecule has 0 aromatic rings. The first kappa shape index (κ1) is 15.4. The van der Waals surface area contributed by atoms with Crippen LogP contribution in [0.5, 0.6) is 0 Å². The number of aliphatic carboxylic acids is 1. The van der Waals surface area contributed by atoms with Crippen molar-refractivity contribution in [2.45, 2.75) is 19.3 Å². The highest BCUT2D eigenvalue weighted by molar-refractivity contribution is 5.87. The van der Waals surface area contributed by atoms with E-state index in [1.807, 2.05) is 0 Å². The van der Waals surface area contributed by atoms with Crippen molar-refractivity contribution in [2.24, 2.45) is 0 Å². The van der Waals surface area contributed by atoms with Crippen molar-refractivity contribution >= 4 is 18.4 Å². The second-order valence-corrected chi connectivity index (χ2v) is 4.17. The van der Waals surface area contributed by atoms with E-state index in [1.165, 1.54) is 0 Å². The Morgan fingerprint density at radius 3 is 2.53 bits per heavy atom. The molecule has 104 valence electrons. The predicted molar refractivity (Wildman–Crippen MR) is 74.0 cm³/mol. The molecule has 2 aliphatic rings. The van der Waals surface area contributed by atoms with E-state index in [4.69, 9.17) is 14.6 Å². The summed E-state index contributed by atoms with van der Waals surface area (Å²) >= 11 is 0. The smallest absolute Gasteiger partial charge is 0.331 e. The van der Waals surface area contributed by atoms with Gasteiger partial charge in [-0.1, -0.05) is 18.2 Å². The second-order valence-electron chi connectivity index (χ2n) is 4.17. The van der Waals surface area contributed by atoms with Gasteiger partial charge in [-0.3, -0.25) is 0 Å². The molecule has 0 atom stereocenters. The van der Waals surface area contributed by atoms with Crippen molar-refractivity contribution in [3.8, 4) is 0 Å². The first-order valence-electron chi connectivity index (χ1n) is 5.82. The number of halogens is 1. The van der Waals surface area contributed by atoms with E-state index >= 15 is 0 Å². The Bertz CT molecular complexity index is 498. The highest BCUT2D eigenvalue weighted by Crippen LogP contribution is 2.35. The lowest BCUT2D eigenvalue weighted by Gasteiger charge is -2.21. The minimum Gasteiger partial charge on any atom is -0.497 e. The number of rotatable bonds is 3. The molecule has 1 N–H and O–H groups in total. The number of fused-ring (bicyclic) bond motifs is 1. The van der Waals surface area contributed by atoms with E-state index in [2.05, 4.69) is 6.08 Å². The monoisotopic (exact) mass is 284 g/mol. The van der Waals surface area contributed by atoms with Gasteiger partial charge in [0.1, 0.15) is 5.76 Å². The number of ether oxygens (including phenoxy) is 2. The lowest BCUT2D eigenvalue weighted by Crippen LogP contribution is -2.07. The standard InChI is InChI=1S/C14H16O4.ClH/c1-17-12-8-6-9-3-4-10(14(15)16)5-7-11(9)13(12)18-2;/h5-7H,3-4,8H2,1-2H3,(H,15,16);1H. The molecule has 0 amide bonds. The zero-order chi connectivity index (χ0) is 13.1. The van der Waals surface area contributed by atoms with E-state index in [0.29, 0.717) is 30.6 Å². The van der Waals surface area contributed by atoms with Gasteiger partial charge in [0.05, 0.1) is 14.2 Å². The minimum absolute atomic E-state index is 0. The molecule has 0 unspecified atom stereocenters. The summed E-state index contributed by atoms with van der Waals surface area (Å²) < 4.78 is 10.7.